The van der Waals surface area contributed by atoms with Crippen LogP contribution in [0.1, 0.15) is 55.7 Å². The zero-order chi connectivity index (χ0) is 29.6. The van der Waals surface area contributed by atoms with E-state index in [0.29, 0.717) is 0 Å². The van der Waals surface area contributed by atoms with Gasteiger partial charge in [-0.15, -0.1) is 0 Å². The van der Waals surface area contributed by atoms with Crippen molar-refractivity contribution in [1.82, 2.24) is 10.2 Å². The number of nitrogens with one attached hydrogen (secondary N) is 1. The van der Waals surface area contributed by atoms with E-state index in [1.54, 1.807) is 19.1 Å². The number of halogens is 1. The predicted molar refractivity (Wildman–Crippen MR) is 158 cm³/mol. The van der Waals surface area contributed by atoms with Gasteiger partial charge in [-0.2, -0.15) is 0 Å². The van der Waals surface area contributed by atoms with E-state index in [2.05, 4.69) is 5.32 Å². The molecular formula is C32H38FN3O4S. The van der Waals surface area contributed by atoms with Gasteiger partial charge in [0.2, 0.25) is 11.8 Å². The van der Waals surface area contributed by atoms with Crippen molar-refractivity contribution in [3.05, 3.63) is 95.3 Å². The Morgan fingerprint density at radius 1 is 0.902 bits per heavy atom. The lowest BCUT2D eigenvalue weighted by atomic mass is 9.95. The Bertz CT molecular complexity index is 1450. The second kappa shape index (κ2) is 13.3. The van der Waals surface area contributed by atoms with Crippen LogP contribution in [-0.4, -0.2) is 43.8 Å². The molecule has 0 spiro atoms. The van der Waals surface area contributed by atoms with Gasteiger partial charge >= 0.3 is 0 Å². The van der Waals surface area contributed by atoms with Gasteiger partial charge in [-0.05, 0) is 63.4 Å². The molecule has 0 saturated heterocycles. The van der Waals surface area contributed by atoms with E-state index in [4.69, 9.17) is 0 Å². The minimum atomic E-state index is -4.32. The molecule has 0 heterocycles. The molecule has 2 amide bonds. The molecule has 1 fully saturated rings. The van der Waals surface area contributed by atoms with E-state index in [1.807, 2.05) is 38.1 Å². The van der Waals surface area contributed by atoms with E-state index in [0.717, 1.165) is 59.2 Å². The van der Waals surface area contributed by atoms with Crippen molar-refractivity contribution in [2.75, 3.05) is 10.8 Å². The number of anilines is 1. The number of benzene rings is 3. The quantitative estimate of drug-likeness (QED) is 0.344. The Morgan fingerprint density at radius 3 is 2.10 bits per heavy atom. The standard InChI is InChI=1S/C32H38FN3O4S/c1-23-13-17-26(18-14-23)21-35(25(3)32(38)34-27-9-5-4-6-10-27)31(37)22-36(30-12-8-7-11-29(30)33)41(39,40)28-19-15-24(2)16-20-28/h7-8,11-20,25,27H,4-6,9-10,21-22H2,1-3H3,(H,34,38). The second-order valence-electron chi connectivity index (χ2n) is 10.8. The Balaban J connectivity index is 1.68. The van der Waals surface area contributed by atoms with Gasteiger partial charge in [0, 0.05) is 12.6 Å². The molecule has 218 valence electrons. The Labute approximate surface area is 242 Å². The average molecular weight is 580 g/mol. The van der Waals surface area contributed by atoms with Crippen molar-refractivity contribution in [3.63, 3.8) is 0 Å². The molecule has 3 aromatic rings. The highest BCUT2D eigenvalue weighted by Crippen LogP contribution is 2.27. The van der Waals surface area contributed by atoms with Crippen LogP contribution >= 0.6 is 0 Å². The third kappa shape index (κ3) is 7.52. The smallest absolute Gasteiger partial charge is 0.264 e. The third-order valence-corrected chi connectivity index (χ3v) is 9.38. The van der Waals surface area contributed by atoms with Crippen LogP contribution in [-0.2, 0) is 26.2 Å². The first-order valence-corrected chi connectivity index (χ1v) is 15.5. The number of carbonyl (C=O) groups is 2. The number of hydrogen-bond donors (Lipinski definition) is 1. The topological polar surface area (TPSA) is 86.8 Å². The molecule has 3 aromatic carbocycles. The van der Waals surface area contributed by atoms with Gasteiger partial charge in [0.25, 0.3) is 10.0 Å². The number of rotatable bonds is 10. The average Bonchev–Trinajstić information content (AvgIpc) is 2.96. The summed E-state index contributed by atoms with van der Waals surface area (Å²) in [6.45, 7) is 4.84. The van der Waals surface area contributed by atoms with Gasteiger partial charge in [0.05, 0.1) is 10.6 Å². The van der Waals surface area contributed by atoms with Gasteiger partial charge in [-0.1, -0.05) is 78.9 Å². The summed E-state index contributed by atoms with van der Waals surface area (Å²) < 4.78 is 43.5. The lowest BCUT2D eigenvalue weighted by Crippen LogP contribution is -2.53. The fourth-order valence-corrected chi connectivity index (χ4v) is 6.47. The molecule has 0 aliphatic heterocycles. The van der Waals surface area contributed by atoms with Gasteiger partial charge < -0.3 is 10.2 Å². The molecule has 0 bridgehead atoms. The minimum Gasteiger partial charge on any atom is -0.352 e. The molecule has 9 heteroatoms. The fraction of sp³-hybridized carbons (Fsp3) is 0.375. The molecule has 1 N–H and O–H groups in total. The lowest BCUT2D eigenvalue weighted by Gasteiger charge is -2.33. The first-order chi connectivity index (χ1) is 19.6. The SMILES string of the molecule is Cc1ccc(CN(C(=O)CN(c2ccccc2F)S(=O)(=O)c2ccc(C)cc2)C(C)C(=O)NC2CCCCC2)cc1. The summed E-state index contributed by atoms with van der Waals surface area (Å²) in [6.07, 6.45) is 5.00. The number of hydrogen-bond acceptors (Lipinski definition) is 4. The van der Waals surface area contributed by atoms with E-state index in [1.165, 1.54) is 35.2 Å². The highest BCUT2D eigenvalue weighted by molar-refractivity contribution is 7.92. The van der Waals surface area contributed by atoms with Crippen LogP contribution < -0.4 is 9.62 Å². The summed E-state index contributed by atoms with van der Waals surface area (Å²) in [6, 6.07) is 18.4. The number of para-hydroxylation sites is 1. The van der Waals surface area contributed by atoms with Crippen LogP contribution in [0.5, 0.6) is 0 Å². The number of sulfonamides is 1. The highest BCUT2D eigenvalue weighted by Gasteiger charge is 2.34. The monoisotopic (exact) mass is 579 g/mol. The Kier molecular flexibility index (Phi) is 9.81. The molecule has 0 radical (unpaired) electrons. The van der Waals surface area contributed by atoms with Crippen LogP contribution in [0.15, 0.2) is 77.7 Å². The van der Waals surface area contributed by atoms with Crippen LogP contribution in [0.3, 0.4) is 0 Å². The number of nitrogens with zero attached hydrogens (tertiary/aromatic N) is 2. The van der Waals surface area contributed by atoms with E-state index in [9.17, 15) is 18.0 Å². The first kappa shape index (κ1) is 30.2. The molecule has 1 atom stereocenters. The third-order valence-electron chi connectivity index (χ3n) is 7.60. The predicted octanol–water partition coefficient (Wildman–Crippen LogP) is 5.50. The maximum Gasteiger partial charge on any atom is 0.264 e. The number of aryl methyl sites for hydroxylation is 2. The fourth-order valence-electron chi connectivity index (χ4n) is 5.05. The summed E-state index contributed by atoms with van der Waals surface area (Å²) >= 11 is 0. The van der Waals surface area contributed by atoms with E-state index >= 15 is 4.39 Å². The van der Waals surface area contributed by atoms with Crippen molar-refractivity contribution in [2.45, 2.75) is 76.4 Å². The second-order valence-corrected chi connectivity index (χ2v) is 12.7. The molecule has 4 rings (SSSR count). The van der Waals surface area contributed by atoms with E-state index in [-0.39, 0.29) is 29.1 Å². The molecule has 1 aliphatic rings. The molecular weight excluding hydrogens is 541 g/mol. The normalized spacial score (nSPS) is 14.7. The first-order valence-electron chi connectivity index (χ1n) is 14.1. The zero-order valence-electron chi connectivity index (χ0n) is 23.8. The maximum atomic E-state index is 15.0. The van der Waals surface area contributed by atoms with Gasteiger partial charge in [0.1, 0.15) is 18.4 Å². The summed E-state index contributed by atoms with van der Waals surface area (Å²) in [5, 5.41) is 3.08. The summed E-state index contributed by atoms with van der Waals surface area (Å²) in [7, 11) is -4.32. The molecule has 1 aliphatic carbocycles. The Morgan fingerprint density at radius 2 is 1.49 bits per heavy atom. The number of amides is 2. The number of carbonyl (C=O) groups excluding carboxylic acids is 2. The van der Waals surface area contributed by atoms with Crippen LogP contribution in [0, 0.1) is 19.7 Å². The molecule has 0 aromatic heterocycles. The van der Waals surface area contributed by atoms with Crippen LogP contribution in [0.25, 0.3) is 0 Å². The zero-order valence-corrected chi connectivity index (χ0v) is 24.7. The van der Waals surface area contributed by atoms with Gasteiger partial charge in [-0.3, -0.25) is 13.9 Å². The van der Waals surface area contributed by atoms with Crippen molar-refractivity contribution < 1.29 is 22.4 Å². The van der Waals surface area contributed by atoms with Crippen LogP contribution in [0.4, 0.5) is 10.1 Å². The maximum absolute atomic E-state index is 15.0. The van der Waals surface area contributed by atoms with Crippen molar-refractivity contribution in [2.24, 2.45) is 0 Å². The molecule has 1 unspecified atom stereocenters. The van der Waals surface area contributed by atoms with Gasteiger partial charge in [0.15, 0.2) is 0 Å². The van der Waals surface area contributed by atoms with Crippen molar-refractivity contribution in [3.8, 4) is 0 Å². The lowest BCUT2D eigenvalue weighted by molar-refractivity contribution is -0.139. The minimum absolute atomic E-state index is 0.0480. The summed E-state index contributed by atoms with van der Waals surface area (Å²) in [4.78, 5) is 28.7. The van der Waals surface area contributed by atoms with E-state index < -0.39 is 34.3 Å². The van der Waals surface area contributed by atoms with Crippen LogP contribution in [0.2, 0.25) is 0 Å². The highest BCUT2D eigenvalue weighted by atomic mass is 32.2. The molecule has 41 heavy (non-hydrogen) atoms. The molecule has 1 saturated carbocycles. The Hall–Kier alpha value is -3.72. The summed E-state index contributed by atoms with van der Waals surface area (Å²) in [5.74, 6) is -1.68. The summed E-state index contributed by atoms with van der Waals surface area (Å²) in [5.41, 5.74) is 2.46. The van der Waals surface area contributed by atoms with Gasteiger partial charge in [-0.25, -0.2) is 12.8 Å². The van der Waals surface area contributed by atoms with Crippen molar-refractivity contribution in [1.29, 1.82) is 0 Å². The van der Waals surface area contributed by atoms with Crippen molar-refractivity contribution >= 4 is 27.5 Å². The molecule has 7 nitrogen and oxygen atoms in total. The largest absolute Gasteiger partial charge is 0.352 e.